The summed E-state index contributed by atoms with van der Waals surface area (Å²) in [5.74, 6) is 1.77. The van der Waals surface area contributed by atoms with Crippen molar-refractivity contribution in [3.05, 3.63) is 65.2 Å². The van der Waals surface area contributed by atoms with E-state index < -0.39 is 0 Å². The number of carbonyl (C=O) groups is 2. The molecule has 3 atom stereocenters. The van der Waals surface area contributed by atoms with E-state index in [-0.39, 0.29) is 18.5 Å². The fourth-order valence-electron chi connectivity index (χ4n) is 5.83. The molecule has 0 aliphatic heterocycles. The number of rotatable bonds is 7. The van der Waals surface area contributed by atoms with Gasteiger partial charge in [-0.25, -0.2) is 4.68 Å². The molecule has 6 nitrogen and oxygen atoms in total. The number of nitrogens with one attached hydrogen (secondary N) is 1. The highest BCUT2D eigenvalue weighted by Gasteiger charge is 2.40. The third-order valence-electron chi connectivity index (χ3n) is 7.77. The van der Waals surface area contributed by atoms with Crippen LogP contribution in [-0.2, 0) is 14.3 Å². The number of hydrogen-bond acceptors (Lipinski definition) is 4. The van der Waals surface area contributed by atoms with Gasteiger partial charge in [0.05, 0.1) is 11.4 Å². The minimum Gasteiger partial charge on any atom is -0.456 e. The Balaban J connectivity index is 1.30. The number of aromatic nitrogens is 2. The molecular formula is C29H33N3O3. The van der Waals surface area contributed by atoms with E-state index >= 15 is 0 Å². The zero-order valence-electron chi connectivity index (χ0n) is 20.7. The van der Waals surface area contributed by atoms with E-state index in [1.807, 2.05) is 36.4 Å². The summed E-state index contributed by atoms with van der Waals surface area (Å²) >= 11 is 0. The molecule has 3 unspecified atom stereocenters. The standard InChI is InChI=1S/C29H33N3O3/c1-18-11-20(3)25(12-19(18)2)26-16-27(32(31-26)24-7-5-4-6-8-24)30-28(33)17-35-29(34)15-23-14-21-9-10-22(23)13-21/h4-8,11-12,16,21-23H,9-10,13-15,17H2,1-3H3,(H,30,33). The lowest BCUT2D eigenvalue weighted by atomic mass is 9.86. The molecule has 1 aromatic heterocycles. The largest absolute Gasteiger partial charge is 0.456 e. The van der Waals surface area contributed by atoms with Gasteiger partial charge in [0.15, 0.2) is 6.61 Å². The lowest BCUT2D eigenvalue weighted by Gasteiger charge is -2.20. The van der Waals surface area contributed by atoms with Gasteiger partial charge in [0.2, 0.25) is 0 Å². The van der Waals surface area contributed by atoms with Crippen LogP contribution in [0.2, 0.25) is 0 Å². The number of esters is 1. The van der Waals surface area contributed by atoms with E-state index in [2.05, 4.69) is 38.2 Å². The molecule has 35 heavy (non-hydrogen) atoms. The Bertz CT molecular complexity index is 1250. The fourth-order valence-corrected chi connectivity index (χ4v) is 5.83. The second kappa shape index (κ2) is 9.68. The molecule has 2 aromatic carbocycles. The predicted molar refractivity (Wildman–Crippen MR) is 136 cm³/mol. The molecule has 0 radical (unpaired) electrons. The highest BCUT2D eigenvalue weighted by Crippen LogP contribution is 2.49. The van der Waals surface area contributed by atoms with E-state index in [1.165, 1.54) is 30.4 Å². The fraction of sp³-hybridized carbons (Fsp3) is 0.414. The monoisotopic (exact) mass is 471 g/mol. The lowest BCUT2D eigenvalue weighted by molar-refractivity contribution is -0.148. The van der Waals surface area contributed by atoms with Gasteiger partial charge >= 0.3 is 5.97 Å². The van der Waals surface area contributed by atoms with E-state index in [1.54, 1.807) is 4.68 Å². The van der Waals surface area contributed by atoms with Crippen LogP contribution in [0.4, 0.5) is 5.82 Å². The summed E-state index contributed by atoms with van der Waals surface area (Å²) in [5.41, 5.74) is 6.18. The second-order valence-electron chi connectivity index (χ2n) is 10.3. The third kappa shape index (κ3) is 5.02. The van der Waals surface area contributed by atoms with Crippen LogP contribution in [0.3, 0.4) is 0 Å². The average Bonchev–Trinajstić information content (AvgIpc) is 3.57. The first kappa shape index (κ1) is 23.3. The third-order valence-corrected chi connectivity index (χ3v) is 7.77. The maximum atomic E-state index is 12.7. The predicted octanol–water partition coefficient (Wildman–Crippen LogP) is 5.77. The van der Waals surface area contributed by atoms with Crippen LogP contribution in [0.5, 0.6) is 0 Å². The number of aryl methyl sites for hydroxylation is 3. The minimum absolute atomic E-state index is 0.277. The maximum Gasteiger partial charge on any atom is 0.306 e. The molecule has 3 aromatic rings. The highest BCUT2D eigenvalue weighted by molar-refractivity contribution is 5.93. The quantitative estimate of drug-likeness (QED) is 0.444. The number of anilines is 1. The first-order valence-corrected chi connectivity index (χ1v) is 12.6. The van der Waals surface area contributed by atoms with Gasteiger partial charge in [0, 0.05) is 18.1 Å². The van der Waals surface area contributed by atoms with Crippen LogP contribution in [0.15, 0.2) is 48.5 Å². The Morgan fingerprint density at radius 1 is 1.00 bits per heavy atom. The van der Waals surface area contributed by atoms with Crippen molar-refractivity contribution in [2.24, 2.45) is 17.8 Å². The number of amides is 1. The molecule has 2 aliphatic rings. The Hall–Kier alpha value is -3.41. The van der Waals surface area contributed by atoms with Crippen LogP contribution in [0.25, 0.3) is 16.9 Å². The molecule has 1 amide bonds. The smallest absolute Gasteiger partial charge is 0.306 e. The van der Waals surface area contributed by atoms with Crippen molar-refractivity contribution >= 4 is 17.7 Å². The van der Waals surface area contributed by atoms with Crippen molar-refractivity contribution in [2.75, 3.05) is 11.9 Å². The maximum absolute atomic E-state index is 12.7. The molecule has 2 aliphatic carbocycles. The van der Waals surface area contributed by atoms with Crippen LogP contribution in [0, 0.1) is 38.5 Å². The van der Waals surface area contributed by atoms with Crippen molar-refractivity contribution < 1.29 is 14.3 Å². The van der Waals surface area contributed by atoms with Gasteiger partial charge in [-0.1, -0.05) is 30.7 Å². The molecule has 1 N–H and O–H groups in total. The topological polar surface area (TPSA) is 73.2 Å². The summed E-state index contributed by atoms with van der Waals surface area (Å²) < 4.78 is 7.07. The van der Waals surface area contributed by atoms with Crippen LogP contribution >= 0.6 is 0 Å². The van der Waals surface area contributed by atoms with Gasteiger partial charge in [-0.2, -0.15) is 5.10 Å². The van der Waals surface area contributed by atoms with Crippen molar-refractivity contribution in [1.82, 2.24) is 9.78 Å². The van der Waals surface area contributed by atoms with Crippen molar-refractivity contribution in [3.8, 4) is 16.9 Å². The number of benzene rings is 2. The molecule has 0 saturated heterocycles. The summed E-state index contributed by atoms with van der Waals surface area (Å²) in [6, 6.07) is 15.8. The summed E-state index contributed by atoms with van der Waals surface area (Å²) in [4.78, 5) is 25.1. The zero-order valence-corrected chi connectivity index (χ0v) is 20.7. The van der Waals surface area contributed by atoms with Gasteiger partial charge in [-0.15, -0.1) is 0 Å². The number of carbonyl (C=O) groups excluding carboxylic acids is 2. The number of hydrogen-bond donors (Lipinski definition) is 1. The summed E-state index contributed by atoms with van der Waals surface area (Å²) in [6.07, 6.45) is 5.34. The second-order valence-corrected chi connectivity index (χ2v) is 10.3. The Morgan fingerprint density at radius 2 is 1.77 bits per heavy atom. The molecule has 5 rings (SSSR count). The Labute approximate surface area is 206 Å². The van der Waals surface area contributed by atoms with E-state index in [4.69, 9.17) is 9.84 Å². The van der Waals surface area contributed by atoms with E-state index in [0.717, 1.165) is 34.8 Å². The molecule has 2 bridgehead atoms. The first-order chi connectivity index (χ1) is 16.9. The van der Waals surface area contributed by atoms with Gasteiger partial charge < -0.3 is 10.1 Å². The van der Waals surface area contributed by atoms with Gasteiger partial charge in [-0.05, 0) is 92.7 Å². The SMILES string of the molecule is Cc1cc(C)c(-c2cc(NC(=O)COC(=O)CC3CC4CCC3C4)n(-c3ccccc3)n2)cc1C. The molecule has 182 valence electrons. The molecular weight excluding hydrogens is 438 g/mol. The number of ether oxygens (including phenoxy) is 1. The molecule has 1 heterocycles. The van der Waals surface area contributed by atoms with Crippen molar-refractivity contribution in [1.29, 1.82) is 0 Å². The first-order valence-electron chi connectivity index (χ1n) is 12.6. The summed E-state index contributed by atoms with van der Waals surface area (Å²) in [7, 11) is 0. The Morgan fingerprint density at radius 3 is 2.49 bits per heavy atom. The molecule has 2 saturated carbocycles. The summed E-state index contributed by atoms with van der Waals surface area (Å²) in [5, 5.41) is 7.72. The van der Waals surface area contributed by atoms with Gasteiger partial charge in [0.25, 0.3) is 5.91 Å². The number of fused-ring (bicyclic) bond motifs is 2. The zero-order chi connectivity index (χ0) is 24.5. The molecule has 0 spiro atoms. The van der Waals surface area contributed by atoms with E-state index in [9.17, 15) is 9.59 Å². The molecule has 6 heteroatoms. The normalized spacial score (nSPS) is 20.7. The average molecular weight is 472 g/mol. The Kier molecular flexibility index (Phi) is 6.46. The number of para-hydroxylation sites is 1. The van der Waals surface area contributed by atoms with Crippen LogP contribution < -0.4 is 5.32 Å². The lowest BCUT2D eigenvalue weighted by Crippen LogP contribution is -2.24. The minimum atomic E-state index is -0.369. The van der Waals surface area contributed by atoms with Gasteiger partial charge in [0.1, 0.15) is 5.82 Å². The van der Waals surface area contributed by atoms with Crippen LogP contribution in [0.1, 0.15) is 48.8 Å². The highest BCUT2D eigenvalue weighted by atomic mass is 16.5. The number of nitrogens with zero attached hydrogens (tertiary/aromatic N) is 2. The summed E-state index contributed by atoms with van der Waals surface area (Å²) in [6.45, 7) is 5.95. The van der Waals surface area contributed by atoms with E-state index in [0.29, 0.717) is 24.1 Å². The van der Waals surface area contributed by atoms with Crippen molar-refractivity contribution in [3.63, 3.8) is 0 Å². The van der Waals surface area contributed by atoms with Gasteiger partial charge in [-0.3, -0.25) is 9.59 Å². The molecule has 2 fully saturated rings. The van der Waals surface area contributed by atoms with Crippen LogP contribution in [-0.4, -0.2) is 28.3 Å². The van der Waals surface area contributed by atoms with Crippen molar-refractivity contribution in [2.45, 2.75) is 52.9 Å².